The molecule has 0 aliphatic heterocycles. The average molecular weight is 539 g/mol. The molecule has 4 aromatic carbocycles. The van der Waals surface area contributed by atoms with E-state index < -0.39 is 16.1 Å². The van der Waals surface area contributed by atoms with Crippen molar-refractivity contribution in [1.29, 1.82) is 0 Å². The molecule has 196 valence electrons. The number of hydrogen-bond donors (Lipinski definition) is 0. The zero-order valence-corrected chi connectivity index (χ0v) is 24.5. The molecule has 1 aliphatic carbocycles. The summed E-state index contributed by atoms with van der Waals surface area (Å²) in [5.74, 6) is 1.44. The van der Waals surface area contributed by atoms with Crippen molar-refractivity contribution in [3.63, 3.8) is 0 Å². The normalized spacial score (nSPS) is 17.9. The maximum atomic E-state index is 2.68. The highest BCUT2D eigenvalue weighted by molar-refractivity contribution is 7.71. The maximum Gasteiger partial charge on any atom is 0.0278 e. The van der Waals surface area contributed by atoms with E-state index in [2.05, 4.69) is 145 Å². The van der Waals surface area contributed by atoms with Gasteiger partial charge in [-0.3, -0.25) is 9.34 Å². The first kappa shape index (κ1) is 27.2. The van der Waals surface area contributed by atoms with Crippen LogP contribution in [0.2, 0.25) is 0 Å². The molecule has 0 aromatic heterocycles. The van der Waals surface area contributed by atoms with Crippen LogP contribution in [0.25, 0.3) is 0 Å². The first-order valence-electron chi connectivity index (χ1n) is 13.9. The maximum absolute atomic E-state index is 2.68. The van der Waals surface area contributed by atoms with Gasteiger partial charge in [-0.1, -0.05) is 134 Å². The molecular weight excluding hydrogens is 498 g/mol. The van der Waals surface area contributed by atoms with Crippen LogP contribution in [0, 0.1) is 11.8 Å². The molecule has 0 saturated heterocycles. The van der Waals surface area contributed by atoms with Crippen molar-refractivity contribution >= 4 is 37.4 Å². The zero-order valence-electron chi connectivity index (χ0n) is 22.7. The fraction of sp³-hybridized carbons (Fsp3) is 0.294. The van der Waals surface area contributed by atoms with Crippen LogP contribution in [0.1, 0.15) is 25.7 Å². The Morgan fingerprint density at radius 2 is 0.737 bits per heavy atom. The lowest BCUT2D eigenvalue weighted by molar-refractivity contribution is 0.188. The molecule has 0 amide bonds. The van der Waals surface area contributed by atoms with E-state index in [-0.39, 0.29) is 0 Å². The Morgan fingerprint density at radius 3 is 1.00 bits per heavy atom. The lowest BCUT2D eigenvalue weighted by Gasteiger charge is -2.40. The molecule has 2 nitrogen and oxygen atoms in total. The summed E-state index contributed by atoms with van der Waals surface area (Å²) in [4.78, 5) is 0. The molecule has 0 spiro atoms. The second kappa shape index (κ2) is 13.6. The van der Waals surface area contributed by atoms with Crippen LogP contribution in [-0.2, 0) is 0 Å². The van der Waals surface area contributed by atoms with Gasteiger partial charge < -0.3 is 0 Å². The zero-order chi connectivity index (χ0) is 26.2. The van der Waals surface area contributed by atoms with E-state index in [1.807, 2.05) is 0 Å². The highest BCUT2D eigenvalue weighted by Crippen LogP contribution is 2.43. The Kier molecular flexibility index (Phi) is 9.77. The Balaban J connectivity index is 1.36. The minimum absolute atomic E-state index is 0.537. The van der Waals surface area contributed by atoms with Crippen LogP contribution in [0.3, 0.4) is 0 Å². The quantitative estimate of drug-likeness (QED) is 0.206. The smallest absolute Gasteiger partial charge is 0.0278 e. The van der Waals surface area contributed by atoms with E-state index in [1.54, 1.807) is 0 Å². The van der Waals surface area contributed by atoms with E-state index in [0.717, 1.165) is 24.9 Å². The third-order valence-corrected chi connectivity index (χ3v) is 12.6. The summed E-state index contributed by atoms with van der Waals surface area (Å²) in [6.07, 6.45) is 5.40. The minimum atomic E-state index is -0.537. The van der Waals surface area contributed by atoms with Gasteiger partial charge in [-0.15, -0.1) is 0 Å². The lowest BCUT2D eigenvalue weighted by atomic mass is 9.79. The fourth-order valence-electron chi connectivity index (χ4n) is 5.97. The third-order valence-electron chi connectivity index (χ3n) is 7.75. The molecule has 0 radical (unpaired) electrons. The summed E-state index contributed by atoms with van der Waals surface area (Å²) in [6, 6.07) is 44.6. The minimum Gasteiger partial charge on any atom is -0.278 e. The van der Waals surface area contributed by atoms with Gasteiger partial charge in [0.05, 0.1) is 0 Å². The predicted molar refractivity (Wildman–Crippen MR) is 169 cm³/mol. The summed E-state index contributed by atoms with van der Waals surface area (Å²) in [7, 11) is 3.65. The van der Waals surface area contributed by atoms with Crippen molar-refractivity contribution in [1.82, 2.24) is 9.34 Å². The molecule has 0 bridgehead atoms. The molecule has 2 unspecified atom stereocenters. The van der Waals surface area contributed by atoms with Crippen molar-refractivity contribution in [2.24, 2.45) is 11.8 Å². The van der Waals surface area contributed by atoms with Crippen LogP contribution in [-0.4, -0.2) is 36.5 Å². The second-order valence-electron chi connectivity index (χ2n) is 10.5. The molecule has 38 heavy (non-hydrogen) atoms. The van der Waals surface area contributed by atoms with E-state index in [9.17, 15) is 0 Å². The second-order valence-corrected chi connectivity index (χ2v) is 15.1. The molecule has 1 saturated carbocycles. The number of rotatable bonds is 10. The van der Waals surface area contributed by atoms with Crippen LogP contribution < -0.4 is 21.2 Å². The Hall–Kier alpha value is -2.34. The van der Waals surface area contributed by atoms with Gasteiger partial charge in [0.15, 0.2) is 0 Å². The number of benzene rings is 4. The predicted octanol–water partition coefficient (Wildman–Crippen LogP) is 6.75. The SMILES string of the molecule is CN(CC1CCCCC1CN(C)P(c1ccccc1)c1ccccc1)P(c1ccccc1)c1ccccc1. The van der Waals surface area contributed by atoms with E-state index in [1.165, 1.54) is 46.9 Å². The Labute approximate surface area is 232 Å². The highest BCUT2D eigenvalue weighted by atomic mass is 31.1. The Morgan fingerprint density at radius 1 is 0.474 bits per heavy atom. The van der Waals surface area contributed by atoms with E-state index >= 15 is 0 Å². The highest BCUT2D eigenvalue weighted by Gasteiger charge is 2.31. The van der Waals surface area contributed by atoms with Gasteiger partial charge in [-0.05, 0) is 60.0 Å². The topological polar surface area (TPSA) is 6.48 Å². The molecule has 0 N–H and O–H groups in total. The number of nitrogens with zero attached hydrogens (tertiary/aromatic N) is 2. The third kappa shape index (κ3) is 6.80. The molecule has 0 heterocycles. The van der Waals surface area contributed by atoms with Gasteiger partial charge in [0, 0.05) is 29.2 Å². The standard InChI is InChI=1S/C34H40N2P2/c1-35(37(31-19-7-3-8-20-31)32-21-9-4-10-22-32)27-29-17-15-16-18-30(29)28-36(2)38(33-23-11-5-12-24-33)34-25-13-6-14-26-34/h3-14,19-26,29-30H,15-18,27-28H2,1-2H3. The fourth-order valence-corrected chi connectivity index (χ4v) is 10.7. The summed E-state index contributed by atoms with van der Waals surface area (Å²) < 4.78 is 5.36. The average Bonchev–Trinajstić information content (AvgIpc) is 2.97. The number of hydrogen-bond acceptors (Lipinski definition) is 2. The van der Waals surface area contributed by atoms with Crippen molar-refractivity contribution in [3.05, 3.63) is 121 Å². The summed E-state index contributed by atoms with van der Waals surface area (Å²) in [6.45, 7) is 2.31. The largest absolute Gasteiger partial charge is 0.278 e. The van der Waals surface area contributed by atoms with Crippen LogP contribution >= 0.6 is 16.1 Å². The van der Waals surface area contributed by atoms with Crippen molar-refractivity contribution in [2.75, 3.05) is 27.2 Å². The van der Waals surface area contributed by atoms with E-state index in [0.29, 0.717) is 0 Å². The molecule has 5 rings (SSSR count). The van der Waals surface area contributed by atoms with Crippen molar-refractivity contribution in [3.8, 4) is 0 Å². The molecule has 4 heteroatoms. The molecule has 1 fully saturated rings. The summed E-state index contributed by atoms with van der Waals surface area (Å²) in [5, 5.41) is 5.77. The van der Waals surface area contributed by atoms with Gasteiger partial charge in [-0.25, -0.2) is 0 Å². The first-order chi connectivity index (χ1) is 18.7. The van der Waals surface area contributed by atoms with Crippen molar-refractivity contribution in [2.45, 2.75) is 25.7 Å². The van der Waals surface area contributed by atoms with Crippen LogP contribution in [0.15, 0.2) is 121 Å². The van der Waals surface area contributed by atoms with Crippen molar-refractivity contribution < 1.29 is 0 Å². The molecular formula is C34H40N2P2. The Bertz CT molecular complexity index is 1040. The van der Waals surface area contributed by atoms with E-state index in [4.69, 9.17) is 0 Å². The van der Waals surface area contributed by atoms with Gasteiger partial charge >= 0.3 is 0 Å². The van der Waals surface area contributed by atoms with Gasteiger partial charge in [-0.2, -0.15) is 0 Å². The first-order valence-corrected chi connectivity index (χ1v) is 16.5. The molecule has 4 aromatic rings. The van der Waals surface area contributed by atoms with Gasteiger partial charge in [0.1, 0.15) is 0 Å². The summed E-state index contributed by atoms with van der Waals surface area (Å²) >= 11 is 0. The van der Waals surface area contributed by atoms with Crippen LogP contribution in [0.5, 0.6) is 0 Å². The van der Waals surface area contributed by atoms with Gasteiger partial charge in [0.2, 0.25) is 0 Å². The molecule has 2 atom stereocenters. The van der Waals surface area contributed by atoms with Gasteiger partial charge in [0.25, 0.3) is 0 Å². The van der Waals surface area contributed by atoms with Crippen LogP contribution in [0.4, 0.5) is 0 Å². The lowest BCUT2D eigenvalue weighted by Crippen LogP contribution is -2.38. The summed E-state index contributed by atoms with van der Waals surface area (Å²) in [5.41, 5.74) is 0. The molecule has 1 aliphatic rings. The monoisotopic (exact) mass is 538 g/mol.